The number of nitrogens with one attached hydrogen (secondary N) is 2. The third kappa shape index (κ3) is 6.57. The summed E-state index contributed by atoms with van der Waals surface area (Å²) in [5.74, 6) is -4.91. The minimum atomic E-state index is -1.60. The lowest BCUT2D eigenvalue weighted by Crippen LogP contribution is -2.47. The molecule has 0 saturated carbocycles. The van der Waals surface area contributed by atoms with Crippen molar-refractivity contribution >= 4 is 29.8 Å². The van der Waals surface area contributed by atoms with Crippen LogP contribution in [0, 0.1) is 5.92 Å². The number of hydrogen-bond acceptors (Lipinski definition) is 7. The van der Waals surface area contributed by atoms with E-state index in [1.165, 1.54) is 0 Å². The SMILES string of the molecule is CC(C)(C)OC(=O)N[C@@H](CC(=O)O)C(=O)O[C@@H]1C(=O)NC(=O)[C@H]1Cc1ccccc1. The van der Waals surface area contributed by atoms with Crippen LogP contribution in [-0.4, -0.2) is 52.7 Å². The van der Waals surface area contributed by atoms with Crippen LogP contribution in [0.25, 0.3) is 0 Å². The van der Waals surface area contributed by atoms with Gasteiger partial charge >= 0.3 is 18.0 Å². The van der Waals surface area contributed by atoms with Gasteiger partial charge in [0.25, 0.3) is 5.91 Å². The molecule has 162 valence electrons. The standard InChI is InChI=1S/C20H24N2O8/c1-20(2,3)30-19(28)21-13(10-14(23)24)18(27)29-15-12(16(25)22-17(15)26)9-11-7-5-4-6-8-11/h4-8,12-13,15H,9-10H2,1-3H3,(H,21,28)(H,23,24)(H,22,25,26)/t12-,13-,15-/m0/s1. The third-order valence-corrected chi connectivity index (χ3v) is 4.10. The van der Waals surface area contributed by atoms with Crippen LogP contribution in [0.1, 0.15) is 32.8 Å². The van der Waals surface area contributed by atoms with Crippen LogP contribution < -0.4 is 10.6 Å². The van der Waals surface area contributed by atoms with Gasteiger partial charge in [-0.2, -0.15) is 0 Å². The molecule has 3 N–H and O–H groups in total. The van der Waals surface area contributed by atoms with E-state index < -0.39 is 59.9 Å². The normalized spacial score (nSPS) is 19.6. The minimum Gasteiger partial charge on any atom is -0.481 e. The summed E-state index contributed by atoms with van der Waals surface area (Å²) in [6, 6.07) is 7.23. The Labute approximate surface area is 172 Å². The highest BCUT2D eigenvalue weighted by Gasteiger charge is 2.45. The number of alkyl carbamates (subject to hydrolysis) is 1. The van der Waals surface area contributed by atoms with Crippen LogP contribution in [0.15, 0.2) is 30.3 Å². The molecule has 0 aliphatic carbocycles. The first-order valence-electron chi connectivity index (χ1n) is 9.26. The topological polar surface area (TPSA) is 148 Å². The minimum absolute atomic E-state index is 0.138. The van der Waals surface area contributed by atoms with E-state index in [4.69, 9.17) is 14.6 Å². The smallest absolute Gasteiger partial charge is 0.408 e. The number of rotatable bonds is 7. The van der Waals surface area contributed by atoms with Gasteiger partial charge in [-0.1, -0.05) is 30.3 Å². The van der Waals surface area contributed by atoms with Crippen molar-refractivity contribution in [1.82, 2.24) is 10.6 Å². The van der Waals surface area contributed by atoms with Crippen molar-refractivity contribution in [3.8, 4) is 0 Å². The number of ether oxygens (including phenoxy) is 2. The molecule has 0 spiro atoms. The van der Waals surface area contributed by atoms with Gasteiger partial charge < -0.3 is 19.9 Å². The molecule has 1 aromatic carbocycles. The Balaban J connectivity index is 2.12. The van der Waals surface area contributed by atoms with Gasteiger partial charge in [0, 0.05) is 0 Å². The van der Waals surface area contributed by atoms with Crippen LogP contribution >= 0.6 is 0 Å². The van der Waals surface area contributed by atoms with Crippen LogP contribution in [0.4, 0.5) is 4.79 Å². The zero-order chi connectivity index (χ0) is 22.5. The Morgan fingerprint density at radius 1 is 1.13 bits per heavy atom. The molecular formula is C20H24N2O8. The van der Waals surface area contributed by atoms with Crippen molar-refractivity contribution in [2.24, 2.45) is 5.92 Å². The zero-order valence-electron chi connectivity index (χ0n) is 16.8. The predicted molar refractivity (Wildman–Crippen MR) is 102 cm³/mol. The van der Waals surface area contributed by atoms with Crippen molar-refractivity contribution in [3.63, 3.8) is 0 Å². The average molecular weight is 420 g/mol. The number of carboxylic acid groups (broad SMARTS) is 1. The summed E-state index contributed by atoms with van der Waals surface area (Å²) in [7, 11) is 0. The molecule has 0 radical (unpaired) electrons. The quantitative estimate of drug-likeness (QED) is 0.433. The lowest BCUT2D eigenvalue weighted by molar-refractivity contribution is -0.160. The molecule has 1 aromatic rings. The molecule has 10 heteroatoms. The molecule has 0 bridgehead atoms. The molecular weight excluding hydrogens is 396 g/mol. The van der Waals surface area contributed by atoms with Gasteiger partial charge in [0.2, 0.25) is 5.91 Å². The van der Waals surface area contributed by atoms with E-state index in [-0.39, 0.29) is 6.42 Å². The van der Waals surface area contributed by atoms with Crippen LogP contribution in [0.3, 0.4) is 0 Å². The summed E-state index contributed by atoms with van der Waals surface area (Å²) in [6.45, 7) is 4.79. The molecule has 1 fully saturated rings. The Hall–Kier alpha value is -3.43. The first-order valence-corrected chi connectivity index (χ1v) is 9.26. The van der Waals surface area contributed by atoms with Gasteiger partial charge in [0.05, 0.1) is 12.3 Å². The summed E-state index contributed by atoms with van der Waals surface area (Å²) in [6.07, 6.45) is -3.11. The third-order valence-electron chi connectivity index (χ3n) is 4.10. The highest BCUT2D eigenvalue weighted by Crippen LogP contribution is 2.22. The molecule has 30 heavy (non-hydrogen) atoms. The van der Waals surface area contributed by atoms with E-state index >= 15 is 0 Å². The van der Waals surface area contributed by atoms with Gasteiger partial charge in [-0.05, 0) is 32.8 Å². The summed E-state index contributed by atoms with van der Waals surface area (Å²) in [5.41, 5.74) is -0.123. The fraction of sp³-hybridized carbons (Fsp3) is 0.450. The molecule has 10 nitrogen and oxygen atoms in total. The maximum absolute atomic E-state index is 12.5. The number of imide groups is 1. The first kappa shape index (κ1) is 22.9. The van der Waals surface area contributed by atoms with E-state index in [0.29, 0.717) is 0 Å². The summed E-state index contributed by atoms with van der Waals surface area (Å²) in [4.78, 5) is 59.9. The van der Waals surface area contributed by atoms with Gasteiger partial charge in [-0.25, -0.2) is 9.59 Å². The monoisotopic (exact) mass is 420 g/mol. The summed E-state index contributed by atoms with van der Waals surface area (Å²) in [5, 5.41) is 13.3. The van der Waals surface area contributed by atoms with Crippen molar-refractivity contribution in [2.75, 3.05) is 0 Å². The lowest BCUT2D eigenvalue weighted by atomic mass is 9.95. The first-order chi connectivity index (χ1) is 14.0. The Morgan fingerprint density at radius 2 is 1.77 bits per heavy atom. The van der Waals surface area contributed by atoms with Crippen molar-refractivity contribution in [1.29, 1.82) is 0 Å². The predicted octanol–water partition coefficient (Wildman–Crippen LogP) is 0.782. The molecule has 1 aliphatic heterocycles. The number of aliphatic carboxylic acids is 1. The molecule has 1 heterocycles. The van der Waals surface area contributed by atoms with E-state index in [1.807, 2.05) is 0 Å². The molecule has 3 atom stereocenters. The molecule has 0 unspecified atom stereocenters. The van der Waals surface area contributed by atoms with E-state index in [1.54, 1.807) is 51.1 Å². The molecule has 0 aromatic heterocycles. The van der Waals surface area contributed by atoms with Crippen LogP contribution in [0.2, 0.25) is 0 Å². The van der Waals surface area contributed by atoms with Gasteiger partial charge in [0.15, 0.2) is 6.10 Å². The van der Waals surface area contributed by atoms with Gasteiger partial charge in [-0.15, -0.1) is 0 Å². The fourth-order valence-electron chi connectivity index (χ4n) is 2.83. The molecule has 1 aliphatic rings. The van der Waals surface area contributed by atoms with Crippen molar-refractivity contribution < 1.29 is 38.6 Å². The highest BCUT2D eigenvalue weighted by atomic mass is 16.6. The number of hydrogen-bond donors (Lipinski definition) is 3. The number of carbonyl (C=O) groups is 5. The summed E-state index contributed by atoms with van der Waals surface area (Å²) >= 11 is 0. The number of amides is 3. The molecule has 2 rings (SSSR count). The second kappa shape index (κ2) is 9.38. The summed E-state index contributed by atoms with van der Waals surface area (Å²) < 4.78 is 10.2. The van der Waals surface area contributed by atoms with Crippen molar-refractivity contribution in [2.45, 2.75) is 51.4 Å². The van der Waals surface area contributed by atoms with Gasteiger partial charge in [-0.3, -0.25) is 19.7 Å². The van der Waals surface area contributed by atoms with E-state index in [9.17, 15) is 24.0 Å². The lowest BCUT2D eigenvalue weighted by Gasteiger charge is -2.23. The van der Waals surface area contributed by atoms with Crippen LogP contribution in [-0.2, 0) is 35.1 Å². The van der Waals surface area contributed by atoms with Crippen molar-refractivity contribution in [3.05, 3.63) is 35.9 Å². The second-order valence-corrected chi connectivity index (χ2v) is 7.80. The number of carboxylic acids is 1. The largest absolute Gasteiger partial charge is 0.481 e. The second-order valence-electron chi connectivity index (χ2n) is 7.80. The molecule has 3 amide bonds. The van der Waals surface area contributed by atoms with Crippen LogP contribution in [0.5, 0.6) is 0 Å². The highest BCUT2D eigenvalue weighted by molar-refractivity contribution is 6.07. The maximum Gasteiger partial charge on any atom is 0.408 e. The molecule has 1 saturated heterocycles. The zero-order valence-corrected chi connectivity index (χ0v) is 16.8. The van der Waals surface area contributed by atoms with Gasteiger partial charge in [0.1, 0.15) is 11.6 Å². The fourth-order valence-corrected chi connectivity index (χ4v) is 2.83. The Kier molecular flexibility index (Phi) is 7.14. The van der Waals surface area contributed by atoms with E-state index in [0.717, 1.165) is 5.56 Å². The average Bonchev–Trinajstić information content (AvgIpc) is 2.87. The van der Waals surface area contributed by atoms with E-state index in [2.05, 4.69) is 10.6 Å². The Bertz CT molecular complexity index is 831. The maximum atomic E-state index is 12.5. The number of esters is 1. The number of benzene rings is 1. The number of carbonyl (C=O) groups excluding carboxylic acids is 4. The Morgan fingerprint density at radius 3 is 2.33 bits per heavy atom.